The van der Waals surface area contributed by atoms with E-state index in [9.17, 15) is 0 Å². The second kappa shape index (κ2) is 3.28. The van der Waals surface area contributed by atoms with Crippen molar-refractivity contribution < 1.29 is 0 Å². The first-order valence-corrected chi connectivity index (χ1v) is 5.06. The molecule has 0 fully saturated rings. The number of nitrogens with zero attached hydrogens (tertiary/aromatic N) is 1. The third-order valence-corrected chi connectivity index (χ3v) is 3.10. The van der Waals surface area contributed by atoms with Crippen molar-refractivity contribution in [2.45, 2.75) is 6.92 Å². The predicted octanol–water partition coefficient (Wildman–Crippen LogP) is 3.96. The number of halogens is 2. The van der Waals surface area contributed by atoms with E-state index in [1.54, 1.807) is 6.20 Å². The largest absolute Gasteiger partial charge is 0.255 e. The van der Waals surface area contributed by atoms with Crippen LogP contribution in [0.5, 0.6) is 0 Å². The summed E-state index contributed by atoms with van der Waals surface area (Å²) in [6.07, 6.45) is 1.79. The van der Waals surface area contributed by atoms with Crippen LogP contribution < -0.4 is 0 Å². The predicted molar refractivity (Wildman–Crippen MR) is 59.2 cm³/mol. The van der Waals surface area contributed by atoms with Gasteiger partial charge in [-0.3, -0.25) is 4.98 Å². The topological polar surface area (TPSA) is 12.9 Å². The second-order valence-electron chi connectivity index (χ2n) is 2.89. The molecule has 0 aliphatic heterocycles. The lowest BCUT2D eigenvalue weighted by molar-refractivity contribution is 1.33. The van der Waals surface area contributed by atoms with Gasteiger partial charge < -0.3 is 0 Å². The molecule has 0 unspecified atom stereocenters. The van der Waals surface area contributed by atoms with Gasteiger partial charge in [-0.1, -0.05) is 23.7 Å². The van der Waals surface area contributed by atoms with E-state index < -0.39 is 0 Å². The molecule has 0 bridgehead atoms. The second-order valence-corrected chi connectivity index (χ2v) is 4.12. The van der Waals surface area contributed by atoms with Gasteiger partial charge in [0.25, 0.3) is 0 Å². The average molecular weight is 257 g/mol. The van der Waals surface area contributed by atoms with Crippen molar-refractivity contribution in [2.75, 3.05) is 0 Å². The van der Waals surface area contributed by atoms with Gasteiger partial charge in [0.1, 0.15) is 0 Å². The van der Waals surface area contributed by atoms with Gasteiger partial charge in [-0.25, -0.2) is 0 Å². The molecule has 0 spiro atoms. The van der Waals surface area contributed by atoms with E-state index >= 15 is 0 Å². The van der Waals surface area contributed by atoms with Gasteiger partial charge in [-0.2, -0.15) is 0 Å². The Balaban J connectivity index is 2.94. The van der Waals surface area contributed by atoms with E-state index in [-0.39, 0.29) is 0 Å². The fourth-order valence-corrected chi connectivity index (χ4v) is 1.92. The summed E-state index contributed by atoms with van der Waals surface area (Å²) >= 11 is 9.57. The molecule has 1 nitrogen and oxygen atoms in total. The molecule has 1 heterocycles. The van der Waals surface area contributed by atoms with Crippen molar-refractivity contribution in [3.05, 3.63) is 39.5 Å². The van der Waals surface area contributed by atoms with Crippen LogP contribution in [0.1, 0.15) is 5.56 Å². The molecule has 0 radical (unpaired) electrons. The molecule has 0 saturated heterocycles. The number of aromatic nitrogens is 1. The van der Waals surface area contributed by atoms with Crippen molar-refractivity contribution in [3.8, 4) is 0 Å². The standard InChI is InChI=1S/C10H7BrClN/c1-6-5-13-10-7(9(6)12)3-2-4-8(10)11/h2-5H,1H3. The smallest absolute Gasteiger partial charge is 0.0859 e. The zero-order chi connectivity index (χ0) is 9.42. The zero-order valence-electron chi connectivity index (χ0n) is 7.01. The van der Waals surface area contributed by atoms with Crippen molar-refractivity contribution >= 4 is 38.4 Å². The minimum absolute atomic E-state index is 0.784. The molecule has 0 N–H and O–H groups in total. The minimum Gasteiger partial charge on any atom is -0.255 e. The first-order valence-electron chi connectivity index (χ1n) is 3.89. The number of benzene rings is 1. The summed E-state index contributed by atoms with van der Waals surface area (Å²) in [7, 11) is 0. The van der Waals surface area contributed by atoms with Crippen LogP contribution in [-0.2, 0) is 0 Å². The maximum Gasteiger partial charge on any atom is 0.0859 e. The fourth-order valence-electron chi connectivity index (χ4n) is 1.25. The van der Waals surface area contributed by atoms with Crippen molar-refractivity contribution in [2.24, 2.45) is 0 Å². The van der Waals surface area contributed by atoms with Crippen molar-refractivity contribution in [1.82, 2.24) is 4.98 Å². The maximum atomic E-state index is 6.14. The highest BCUT2D eigenvalue weighted by molar-refractivity contribution is 9.10. The van der Waals surface area contributed by atoms with Gasteiger partial charge in [0.05, 0.1) is 10.5 Å². The number of hydrogen-bond donors (Lipinski definition) is 0. The Morgan fingerprint density at radius 2 is 2.15 bits per heavy atom. The van der Waals surface area contributed by atoms with E-state index in [0.29, 0.717) is 0 Å². The summed E-state index contributed by atoms with van der Waals surface area (Å²) in [6.45, 7) is 1.95. The number of fused-ring (bicyclic) bond motifs is 1. The highest BCUT2D eigenvalue weighted by atomic mass is 79.9. The first-order chi connectivity index (χ1) is 6.20. The molecule has 0 amide bonds. The van der Waals surface area contributed by atoms with Gasteiger partial charge in [0.15, 0.2) is 0 Å². The molecule has 3 heteroatoms. The molecule has 0 saturated carbocycles. The fraction of sp³-hybridized carbons (Fsp3) is 0.100. The van der Waals surface area contributed by atoms with E-state index in [2.05, 4.69) is 20.9 Å². The van der Waals surface area contributed by atoms with Crippen LogP contribution in [0, 0.1) is 6.92 Å². The Hall–Kier alpha value is -0.600. The molecule has 0 atom stereocenters. The first kappa shape index (κ1) is 8.97. The Morgan fingerprint density at radius 3 is 2.92 bits per heavy atom. The lowest BCUT2D eigenvalue weighted by atomic mass is 10.2. The Kier molecular flexibility index (Phi) is 2.26. The average Bonchev–Trinajstić information content (AvgIpc) is 2.12. The molecule has 1 aromatic heterocycles. The Bertz CT molecular complexity index is 468. The molecule has 0 aliphatic rings. The van der Waals surface area contributed by atoms with Crippen LogP contribution in [-0.4, -0.2) is 4.98 Å². The molecule has 0 aliphatic carbocycles. The Labute approximate surface area is 89.9 Å². The molecule has 13 heavy (non-hydrogen) atoms. The van der Waals surface area contributed by atoms with E-state index in [1.807, 2.05) is 25.1 Å². The molecule has 2 rings (SSSR count). The van der Waals surface area contributed by atoms with Crippen LogP contribution in [0.25, 0.3) is 10.9 Å². The summed E-state index contributed by atoms with van der Waals surface area (Å²) < 4.78 is 0.979. The highest BCUT2D eigenvalue weighted by Gasteiger charge is 2.04. The van der Waals surface area contributed by atoms with Crippen molar-refractivity contribution in [3.63, 3.8) is 0 Å². The quantitative estimate of drug-likeness (QED) is 0.695. The van der Waals surface area contributed by atoms with Crippen LogP contribution in [0.2, 0.25) is 5.02 Å². The third kappa shape index (κ3) is 1.45. The lowest BCUT2D eigenvalue weighted by Gasteiger charge is -2.03. The summed E-state index contributed by atoms with van der Waals surface area (Å²) in [5.74, 6) is 0. The van der Waals surface area contributed by atoms with E-state index in [0.717, 1.165) is 26.0 Å². The molecular formula is C10H7BrClN. The van der Waals surface area contributed by atoms with Crippen LogP contribution in [0.15, 0.2) is 28.9 Å². The highest BCUT2D eigenvalue weighted by Crippen LogP contribution is 2.29. The normalized spacial score (nSPS) is 10.7. The summed E-state index contributed by atoms with van der Waals surface area (Å²) in [4.78, 5) is 4.31. The number of para-hydroxylation sites is 1. The molecule has 2 aromatic rings. The SMILES string of the molecule is Cc1cnc2c(Br)cccc2c1Cl. The van der Waals surface area contributed by atoms with Crippen molar-refractivity contribution in [1.29, 1.82) is 0 Å². The van der Waals surface area contributed by atoms with Gasteiger partial charge >= 0.3 is 0 Å². The summed E-state index contributed by atoms with van der Waals surface area (Å²) in [6, 6.07) is 5.89. The number of pyridine rings is 1. The summed E-state index contributed by atoms with van der Waals surface area (Å²) in [5, 5.41) is 1.78. The van der Waals surface area contributed by atoms with E-state index in [1.165, 1.54) is 0 Å². The van der Waals surface area contributed by atoms with Gasteiger partial charge in [0, 0.05) is 16.1 Å². The van der Waals surface area contributed by atoms with Crippen LogP contribution in [0.3, 0.4) is 0 Å². The summed E-state index contributed by atoms with van der Waals surface area (Å²) in [5.41, 5.74) is 1.92. The molecular weight excluding hydrogens is 249 g/mol. The van der Waals surface area contributed by atoms with E-state index in [4.69, 9.17) is 11.6 Å². The van der Waals surface area contributed by atoms with Crippen LogP contribution >= 0.6 is 27.5 Å². The molecule has 66 valence electrons. The zero-order valence-corrected chi connectivity index (χ0v) is 9.35. The third-order valence-electron chi connectivity index (χ3n) is 1.96. The van der Waals surface area contributed by atoms with Gasteiger partial charge in [-0.05, 0) is 34.5 Å². The van der Waals surface area contributed by atoms with Gasteiger partial charge in [-0.15, -0.1) is 0 Å². The lowest BCUT2D eigenvalue weighted by Crippen LogP contribution is -1.84. The minimum atomic E-state index is 0.784. The number of hydrogen-bond acceptors (Lipinski definition) is 1. The Morgan fingerprint density at radius 1 is 1.38 bits per heavy atom. The van der Waals surface area contributed by atoms with Gasteiger partial charge in [0.2, 0.25) is 0 Å². The number of rotatable bonds is 0. The number of aryl methyl sites for hydroxylation is 1. The monoisotopic (exact) mass is 255 g/mol. The molecule has 1 aromatic carbocycles. The van der Waals surface area contributed by atoms with Crippen LogP contribution in [0.4, 0.5) is 0 Å². The maximum absolute atomic E-state index is 6.14.